The molecule has 0 amide bonds. The number of rotatable bonds is 0. The summed E-state index contributed by atoms with van der Waals surface area (Å²) in [4.78, 5) is 12.3. The summed E-state index contributed by atoms with van der Waals surface area (Å²) >= 11 is 3.52. The van der Waals surface area contributed by atoms with Gasteiger partial charge < -0.3 is 0 Å². The van der Waals surface area contributed by atoms with Crippen LogP contribution in [0.15, 0.2) is 22.7 Å². The van der Waals surface area contributed by atoms with Crippen LogP contribution >= 0.6 is 15.9 Å². The molecule has 0 aliphatic heterocycles. The molecule has 0 unspecified atom stereocenters. The Morgan fingerprint density at radius 1 is 1.12 bits per heavy atom. The monoisotopic (exact) mass is 278 g/mol. The first-order valence-corrected chi connectivity index (χ1v) is 6.84. The van der Waals surface area contributed by atoms with Crippen LogP contribution < -0.4 is 0 Å². The molecule has 2 aliphatic carbocycles. The van der Waals surface area contributed by atoms with Gasteiger partial charge in [-0.25, -0.2) is 0 Å². The zero-order valence-corrected chi connectivity index (χ0v) is 10.8. The molecule has 16 heavy (non-hydrogen) atoms. The van der Waals surface area contributed by atoms with Gasteiger partial charge in [0.05, 0.1) is 5.41 Å². The molecule has 0 N–H and O–H groups in total. The van der Waals surface area contributed by atoms with Crippen LogP contribution in [0.2, 0.25) is 0 Å². The Kier molecular flexibility index (Phi) is 2.43. The van der Waals surface area contributed by atoms with Gasteiger partial charge in [-0.05, 0) is 42.5 Å². The summed E-state index contributed by atoms with van der Waals surface area (Å²) in [5, 5.41) is 0. The van der Waals surface area contributed by atoms with Crippen molar-refractivity contribution in [2.45, 2.75) is 43.9 Å². The van der Waals surface area contributed by atoms with Gasteiger partial charge in [0.1, 0.15) is 5.78 Å². The normalized spacial score (nSPS) is 22.4. The van der Waals surface area contributed by atoms with Crippen molar-refractivity contribution in [3.63, 3.8) is 0 Å². The summed E-state index contributed by atoms with van der Waals surface area (Å²) < 4.78 is 1.13. The second kappa shape index (κ2) is 3.69. The fraction of sp³-hybridized carbons (Fsp3) is 0.500. The van der Waals surface area contributed by atoms with Gasteiger partial charge in [-0.15, -0.1) is 0 Å². The summed E-state index contributed by atoms with van der Waals surface area (Å²) in [6.45, 7) is 0. The Morgan fingerprint density at radius 2 is 1.88 bits per heavy atom. The van der Waals surface area contributed by atoms with Crippen molar-refractivity contribution in [2.75, 3.05) is 0 Å². The summed E-state index contributed by atoms with van der Waals surface area (Å²) in [5.41, 5.74) is 2.61. The zero-order valence-electron chi connectivity index (χ0n) is 9.26. The van der Waals surface area contributed by atoms with Gasteiger partial charge in [0, 0.05) is 10.9 Å². The summed E-state index contributed by atoms with van der Waals surface area (Å²) in [6.07, 6.45) is 6.22. The number of hydrogen-bond acceptors (Lipinski definition) is 1. The largest absolute Gasteiger partial charge is 0.299 e. The molecule has 84 valence electrons. The van der Waals surface area contributed by atoms with Gasteiger partial charge in [-0.2, -0.15) is 0 Å². The molecule has 2 heteroatoms. The maximum atomic E-state index is 12.3. The van der Waals surface area contributed by atoms with Crippen molar-refractivity contribution >= 4 is 21.7 Å². The highest BCUT2D eigenvalue weighted by molar-refractivity contribution is 9.10. The molecule has 0 bridgehead atoms. The molecule has 0 saturated heterocycles. The lowest BCUT2D eigenvalue weighted by Crippen LogP contribution is -2.37. The average molecular weight is 279 g/mol. The molecule has 0 atom stereocenters. The van der Waals surface area contributed by atoms with Crippen LogP contribution in [0.4, 0.5) is 0 Å². The van der Waals surface area contributed by atoms with E-state index in [-0.39, 0.29) is 5.41 Å². The molecule has 2 aliphatic rings. The number of carbonyl (C=O) groups excluding carboxylic acids is 1. The minimum absolute atomic E-state index is 0.103. The maximum absolute atomic E-state index is 12.3. The van der Waals surface area contributed by atoms with Crippen LogP contribution in [0.1, 0.15) is 43.2 Å². The number of Topliss-reactive ketones (excluding diaryl/α,β-unsaturated/α-hetero) is 1. The molecule has 1 fully saturated rings. The van der Waals surface area contributed by atoms with Gasteiger partial charge in [0.2, 0.25) is 0 Å². The summed E-state index contributed by atoms with van der Waals surface area (Å²) in [5.74, 6) is 0.486. The highest BCUT2D eigenvalue weighted by Gasteiger charge is 2.45. The lowest BCUT2D eigenvalue weighted by Gasteiger charge is -2.34. The van der Waals surface area contributed by atoms with E-state index < -0.39 is 0 Å². The number of hydrogen-bond donors (Lipinski definition) is 0. The van der Waals surface area contributed by atoms with Crippen LogP contribution in [0, 0.1) is 0 Å². The molecular formula is C14H15BrO. The van der Waals surface area contributed by atoms with Crippen molar-refractivity contribution in [2.24, 2.45) is 0 Å². The van der Waals surface area contributed by atoms with Crippen LogP contribution in [-0.4, -0.2) is 5.78 Å². The second-order valence-electron chi connectivity index (χ2n) is 5.01. The molecule has 1 aromatic carbocycles. The van der Waals surface area contributed by atoms with Crippen LogP contribution in [-0.2, 0) is 16.6 Å². The minimum Gasteiger partial charge on any atom is -0.299 e. The Morgan fingerprint density at radius 3 is 2.62 bits per heavy atom. The molecular weight excluding hydrogens is 264 g/mol. The highest BCUT2D eigenvalue weighted by atomic mass is 79.9. The Balaban J connectivity index is 2.16. The Hall–Kier alpha value is -0.630. The van der Waals surface area contributed by atoms with Crippen molar-refractivity contribution in [1.82, 2.24) is 0 Å². The number of ketones is 1. The van der Waals surface area contributed by atoms with E-state index in [1.54, 1.807) is 0 Å². The van der Waals surface area contributed by atoms with Crippen molar-refractivity contribution in [1.29, 1.82) is 0 Å². The molecule has 0 aromatic heterocycles. The molecule has 1 aromatic rings. The van der Waals surface area contributed by atoms with Gasteiger partial charge >= 0.3 is 0 Å². The van der Waals surface area contributed by atoms with E-state index in [1.807, 2.05) is 0 Å². The van der Waals surface area contributed by atoms with Crippen molar-refractivity contribution in [3.05, 3.63) is 33.8 Å². The smallest absolute Gasteiger partial charge is 0.143 e. The van der Waals surface area contributed by atoms with Crippen LogP contribution in [0.3, 0.4) is 0 Å². The average Bonchev–Trinajstić information content (AvgIpc) is 2.74. The summed E-state index contributed by atoms with van der Waals surface area (Å²) in [7, 11) is 0. The van der Waals surface area contributed by atoms with E-state index in [0.29, 0.717) is 5.78 Å². The van der Waals surface area contributed by atoms with Gasteiger partial charge in [0.15, 0.2) is 0 Å². The third-order valence-electron chi connectivity index (χ3n) is 4.20. The van der Waals surface area contributed by atoms with Crippen LogP contribution in [0.5, 0.6) is 0 Å². The van der Waals surface area contributed by atoms with Gasteiger partial charge in [-0.1, -0.05) is 34.8 Å². The van der Waals surface area contributed by atoms with Gasteiger partial charge in [-0.3, -0.25) is 4.79 Å². The lowest BCUT2D eigenvalue weighted by atomic mass is 9.68. The highest BCUT2D eigenvalue weighted by Crippen LogP contribution is 2.47. The third-order valence-corrected chi connectivity index (χ3v) is 4.69. The topological polar surface area (TPSA) is 17.1 Å². The predicted molar refractivity (Wildman–Crippen MR) is 67.6 cm³/mol. The molecule has 1 nitrogen and oxygen atoms in total. The molecule has 3 rings (SSSR count). The predicted octanol–water partition coefficient (Wildman–Crippen LogP) is 3.78. The first-order valence-electron chi connectivity index (χ1n) is 6.05. The SMILES string of the molecule is O=C1CCc2cc(Br)ccc2C12CCCC2. The van der Waals surface area contributed by atoms with E-state index in [1.165, 1.54) is 24.0 Å². The maximum Gasteiger partial charge on any atom is 0.143 e. The second-order valence-corrected chi connectivity index (χ2v) is 5.93. The van der Waals surface area contributed by atoms with Gasteiger partial charge in [0.25, 0.3) is 0 Å². The van der Waals surface area contributed by atoms with Crippen molar-refractivity contribution in [3.8, 4) is 0 Å². The molecule has 1 spiro atoms. The number of aryl methyl sites for hydroxylation is 1. The number of carbonyl (C=O) groups is 1. The number of fused-ring (bicyclic) bond motifs is 2. The Bertz CT molecular complexity index is 444. The van der Waals surface area contributed by atoms with E-state index in [9.17, 15) is 4.79 Å². The first kappa shape index (κ1) is 10.5. The minimum atomic E-state index is -0.103. The summed E-state index contributed by atoms with van der Waals surface area (Å²) in [6, 6.07) is 6.45. The number of halogens is 1. The first-order chi connectivity index (χ1) is 7.72. The lowest BCUT2D eigenvalue weighted by molar-refractivity contribution is -0.125. The Labute approximate surface area is 104 Å². The van der Waals surface area contributed by atoms with E-state index in [4.69, 9.17) is 0 Å². The third kappa shape index (κ3) is 1.39. The van der Waals surface area contributed by atoms with Crippen molar-refractivity contribution < 1.29 is 4.79 Å². The van der Waals surface area contributed by atoms with E-state index >= 15 is 0 Å². The number of benzene rings is 1. The fourth-order valence-corrected chi connectivity index (χ4v) is 3.81. The van der Waals surface area contributed by atoms with Crippen LogP contribution in [0.25, 0.3) is 0 Å². The molecule has 1 saturated carbocycles. The molecule has 0 radical (unpaired) electrons. The van der Waals surface area contributed by atoms with E-state index in [2.05, 4.69) is 34.1 Å². The zero-order chi connectivity index (χ0) is 11.2. The quantitative estimate of drug-likeness (QED) is 0.706. The fourth-order valence-electron chi connectivity index (χ4n) is 3.40. The van der Waals surface area contributed by atoms with E-state index in [0.717, 1.165) is 30.2 Å². The molecule has 0 heterocycles. The standard InChI is InChI=1S/C14H15BrO/c15-11-4-5-12-10(9-11)3-6-13(16)14(12)7-1-2-8-14/h4-5,9H,1-3,6-8H2.